The molecule has 6 unspecified atom stereocenters. The average molecular weight is 280 g/mol. The highest BCUT2D eigenvalue weighted by Crippen LogP contribution is 2.47. The summed E-state index contributed by atoms with van der Waals surface area (Å²) in [5.74, 6) is 1.65. The molecule has 0 radical (unpaired) electrons. The van der Waals surface area contributed by atoms with Crippen molar-refractivity contribution in [1.82, 2.24) is 5.32 Å². The van der Waals surface area contributed by atoms with E-state index < -0.39 is 5.60 Å². The molecule has 3 fully saturated rings. The van der Waals surface area contributed by atoms with Crippen molar-refractivity contribution in [2.45, 2.75) is 63.5 Å². The molecule has 6 atom stereocenters. The molecular formula is C16H28N2O2. The quantitative estimate of drug-likeness (QED) is 0.732. The number of hydrogen-bond donors (Lipinski definition) is 3. The minimum absolute atomic E-state index is 0.0154. The fourth-order valence-corrected chi connectivity index (χ4v) is 4.89. The van der Waals surface area contributed by atoms with Crippen LogP contribution in [-0.2, 0) is 4.79 Å². The van der Waals surface area contributed by atoms with Crippen LogP contribution in [0, 0.1) is 23.7 Å². The summed E-state index contributed by atoms with van der Waals surface area (Å²) in [4.78, 5) is 12.4. The number of fused-ring (bicyclic) bond motifs is 2. The Labute approximate surface area is 121 Å². The number of carbonyl (C=O) groups is 1. The molecule has 3 rings (SSSR count). The molecule has 1 amide bonds. The summed E-state index contributed by atoms with van der Waals surface area (Å²) < 4.78 is 0. The van der Waals surface area contributed by atoms with Crippen LogP contribution >= 0.6 is 0 Å². The highest BCUT2D eigenvalue weighted by molar-refractivity contribution is 5.80. The Bertz CT molecular complexity index is 385. The van der Waals surface area contributed by atoms with E-state index in [9.17, 15) is 9.90 Å². The molecule has 0 heterocycles. The molecule has 3 aliphatic rings. The topological polar surface area (TPSA) is 75.3 Å². The zero-order chi connectivity index (χ0) is 14.3. The third kappa shape index (κ3) is 2.60. The van der Waals surface area contributed by atoms with E-state index in [-0.39, 0.29) is 17.9 Å². The van der Waals surface area contributed by atoms with E-state index in [1.165, 1.54) is 12.8 Å². The van der Waals surface area contributed by atoms with Crippen molar-refractivity contribution >= 4 is 5.91 Å². The Morgan fingerprint density at radius 2 is 2.10 bits per heavy atom. The number of carbonyl (C=O) groups excluding carboxylic acids is 1. The third-order valence-corrected chi connectivity index (χ3v) is 5.94. The van der Waals surface area contributed by atoms with Gasteiger partial charge in [-0.2, -0.15) is 0 Å². The number of nitrogens with two attached hydrogens (primary N) is 1. The second kappa shape index (κ2) is 5.30. The van der Waals surface area contributed by atoms with Gasteiger partial charge in [0, 0.05) is 12.6 Å². The molecule has 0 aliphatic heterocycles. The zero-order valence-corrected chi connectivity index (χ0v) is 12.5. The van der Waals surface area contributed by atoms with Gasteiger partial charge in [-0.3, -0.25) is 4.79 Å². The minimum atomic E-state index is -0.699. The van der Waals surface area contributed by atoms with E-state index in [2.05, 4.69) is 12.2 Å². The molecule has 4 heteroatoms. The van der Waals surface area contributed by atoms with Crippen LogP contribution in [0.15, 0.2) is 0 Å². The van der Waals surface area contributed by atoms with Crippen molar-refractivity contribution in [1.29, 1.82) is 0 Å². The first-order chi connectivity index (χ1) is 9.48. The molecule has 20 heavy (non-hydrogen) atoms. The lowest BCUT2D eigenvalue weighted by atomic mass is 9.78. The van der Waals surface area contributed by atoms with Crippen LogP contribution < -0.4 is 11.1 Å². The monoisotopic (exact) mass is 280 g/mol. The Kier molecular flexibility index (Phi) is 3.80. The van der Waals surface area contributed by atoms with Gasteiger partial charge in [0.1, 0.15) is 0 Å². The van der Waals surface area contributed by atoms with Crippen molar-refractivity contribution in [2.24, 2.45) is 29.4 Å². The van der Waals surface area contributed by atoms with E-state index in [0.29, 0.717) is 24.3 Å². The SMILES string of the molecule is CC1CCCC(O)(CNC(=O)C2C3CCC(C3)C2N)C1. The van der Waals surface area contributed by atoms with Crippen LogP contribution in [0.2, 0.25) is 0 Å². The van der Waals surface area contributed by atoms with Gasteiger partial charge in [0.15, 0.2) is 0 Å². The predicted molar refractivity (Wildman–Crippen MR) is 77.9 cm³/mol. The van der Waals surface area contributed by atoms with Gasteiger partial charge in [-0.15, -0.1) is 0 Å². The Morgan fingerprint density at radius 1 is 1.35 bits per heavy atom. The van der Waals surface area contributed by atoms with Gasteiger partial charge < -0.3 is 16.2 Å². The molecule has 0 spiro atoms. The number of amides is 1. The van der Waals surface area contributed by atoms with Gasteiger partial charge >= 0.3 is 0 Å². The molecule has 0 aromatic rings. The molecule has 114 valence electrons. The van der Waals surface area contributed by atoms with Crippen LogP contribution in [0.1, 0.15) is 51.9 Å². The lowest BCUT2D eigenvalue weighted by Crippen LogP contribution is -2.51. The summed E-state index contributed by atoms with van der Waals surface area (Å²) in [6, 6.07) is 0.0358. The van der Waals surface area contributed by atoms with E-state index in [4.69, 9.17) is 5.73 Å². The molecule has 3 saturated carbocycles. The lowest BCUT2D eigenvalue weighted by Gasteiger charge is -2.36. The van der Waals surface area contributed by atoms with E-state index >= 15 is 0 Å². The van der Waals surface area contributed by atoms with Gasteiger partial charge in [0.05, 0.1) is 11.5 Å². The second-order valence-electron chi connectivity index (χ2n) is 7.58. The van der Waals surface area contributed by atoms with Gasteiger partial charge in [0.2, 0.25) is 5.91 Å². The first-order valence-corrected chi connectivity index (χ1v) is 8.24. The maximum Gasteiger partial charge on any atom is 0.225 e. The summed E-state index contributed by atoms with van der Waals surface area (Å²) in [5.41, 5.74) is 5.51. The van der Waals surface area contributed by atoms with Crippen molar-refractivity contribution < 1.29 is 9.90 Å². The predicted octanol–water partition coefficient (Wildman–Crippen LogP) is 1.42. The first kappa shape index (κ1) is 14.3. The first-order valence-electron chi connectivity index (χ1n) is 8.24. The molecular weight excluding hydrogens is 252 g/mol. The van der Waals surface area contributed by atoms with Gasteiger partial charge in [0.25, 0.3) is 0 Å². The van der Waals surface area contributed by atoms with Crippen LogP contribution in [0.5, 0.6) is 0 Å². The van der Waals surface area contributed by atoms with Crippen molar-refractivity contribution in [3.8, 4) is 0 Å². The zero-order valence-electron chi connectivity index (χ0n) is 12.5. The molecule has 4 nitrogen and oxygen atoms in total. The van der Waals surface area contributed by atoms with Crippen molar-refractivity contribution in [3.05, 3.63) is 0 Å². The van der Waals surface area contributed by atoms with E-state index in [0.717, 1.165) is 32.1 Å². The molecule has 2 bridgehead atoms. The Morgan fingerprint density at radius 3 is 2.75 bits per heavy atom. The highest BCUT2D eigenvalue weighted by Gasteiger charge is 2.49. The second-order valence-corrected chi connectivity index (χ2v) is 7.58. The Hall–Kier alpha value is -0.610. The molecule has 0 saturated heterocycles. The van der Waals surface area contributed by atoms with Crippen LogP contribution in [0.3, 0.4) is 0 Å². The summed E-state index contributed by atoms with van der Waals surface area (Å²) in [7, 11) is 0. The molecule has 0 aromatic carbocycles. The summed E-state index contributed by atoms with van der Waals surface area (Å²) in [6.45, 7) is 2.58. The molecule has 3 aliphatic carbocycles. The van der Waals surface area contributed by atoms with Gasteiger partial charge in [-0.05, 0) is 49.9 Å². The maximum absolute atomic E-state index is 12.4. The number of nitrogens with one attached hydrogen (secondary N) is 1. The highest BCUT2D eigenvalue weighted by atomic mass is 16.3. The number of hydrogen-bond acceptors (Lipinski definition) is 3. The van der Waals surface area contributed by atoms with E-state index in [1.807, 2.05) is 0 Å². The van der Waals surface area contributed by atoms with Gasteiger partial charge in [-0.25, -0.2) is 0 Å². The van der Waals surface area contributed by atoms with E-state index in [1.54, 1.807) is 0 Å². The maximum atomic E-state index is 12.4. The van der Waals surface area contributed by atoms with Crippen LogP contribution in [0.4, 0.5) is 0 Å². The molecule has 4 N–H and O–H groups in total. The Balaban J connectivity index is 1.54. The smallest absolute Gasteiger partial charge is 0.225 e. The largest absolute Gasteiger partial charge is 0.388 e. The van der Waals surface area contributed by atoms with Crippen molar-refractivity contribution in [2.75, 3.05) is 6.54 Å². The fraction of sp³-hybridized carbons (Fsp3) is 0.938. The number of rotatable bonds is 3. The van der Waals surface area contributed by atoms with Gasteiger partial charge in [-0.1, -0.05) is 19.8 Å². The summed E-state index contributed by atoms with van der Waals surface area (Å²) in [5, 5.41) is 13.6. The third-order valence-electron chi connectivity index (χ3n) is 5.94. The summed E-state index contributed by atoms with van der Waals surface area (Å²) >= 11 is 0. The normalized spacial score (nSPS) is 47.5. The average Bonchev–Trinajstić information content (AvgIpc) is 2.96. The minimum Gasteiger partial charge on any atom is -0.388 e. The standard InChI is InChI=1S/C16H28N2O2/c1-10-3-2-6-16(20,8-10)9-18-15(19)13-11-4-5-12(7-11)14(13)17/h10-14,20H,2-9,17H2,1H3,(H,18,19). The fourth-order valence-electron chi connectivity index (χ4n) is 4.89. The summed E-state index contributed by atoms with van der Waals surface area (Å²) in [6.07, 6.45) is 7.32. The van der Waals surface area contributed by atoms with Crippen molar-refractivity contribution in [3.63, 3.8) is 0 Å². The lowest BCUT2D eigenvalue weighted by molar-refractivity contribution is -0.128. The van der Waals surface area contributed by atoms with Crippen LogP contribution in [-0.4, -0.2) is 29.2 Å². The number of aliphatic hydroxyl groups is 1. The molecule has 0 aromatic heterocycles. The van der Waals surface area contributed by atoms with Crippen LogP contribution in [0.25, 0.3) is 0 Å².